The Bertz CT molecular complexity index is 4110. The average Bonchev–Trinajstić information content (AvgIpc) is 3.65. The van der Waals surface area contributed by atoms with Crippen molar-refractivity contribution < 1.29 is 0 Å². The van der Waals surface area contributed by atoms with E-state index < -0.39 is 0 Å². The van der Waals surface area contributed by atoms with Crippen molar-refractivity contribution in [3.63, 3.8) is 0 Å². The van der Waals surface area contributed by atoms with Gasteiger partial charge in [-0.2, -0.15) is 5.26 Å². The number of hydrogen-bond donors (Lipinski definition) is 0. The van der Waals surface area contributed by atoms with Crippen molar-refractivity contribution in [1.82, 2.24) is 24.9 Å². The summed E-state index contributed by atoms with van der Waals surface area (Å²) in [5.74, 6) is 1.84. The molecular weight excluding hydrogens is 841 g/mol. The van der Waals surface area contributed by atoms with E-state index in [1.54, 1.807) is 0 Å². The molecule has 322 valence electrons. The molecule has 13 rings (SSSR count). The van der Waals surface area contributed by atoms with Crippen LogP contribution in [0.1, 0.15) is 30.5 Å². The first-order valence-corrected chi connectivity index (χ1v) is 23.2. The number of nitriles is 1. The average molecular weight is 881 g/mol. The summed E-state index contributed by atoms with van der Waals surface area (Å²) in [5.41, 5.74) is 16.5. The van der Waals surface area contributed by atoms with E-state index in [1.807, 2.05) is 79.1 Å². The number of nitrogens with zero attached hydrogens (tertiary/aromatic N) is 6. The predicted octanol–water partition coefficient (Wildman–Crippen LogP) is 15.5. The van der Waals surface area contributed by atoms with Crippen LogP contribution in [0.5, 0.6) is 0 Å². The fourth-order valence-corrected chi connectivity index (χ4v) is 10.7. The summed E-state index contributed by atoms with van der Waals surface area (Å²) < 4.78 is 0. The van der Waals surface area contributed by atoms with Gasteiger partial charge in [-0.05, 0) is 115 Å². The lowest BCUT2D eigenvalue weighted by molar-refractivity contribution is 0.660. The highest BCUT2D eigenvalue weighted by Crippen LogP contribution is 2.50. The summed E-state index contributed by atoms with van der Waals surface area (Å²) in [5, 5.41) is 16.0. The van der Waals surface area contributed by atoms with E-state index in [2.05, 4.69) is 147 Å². The van der Waals surface area contributed by atoms with Gasteiger partial charge in [0.25, 0.3) is 0 Å². The van der Waals surface area contributed by atoms with Gasteiger partial charge in [0.1, 0.15) is 0 Å². The van der Waals surface area contributed by atoms with Gasteiger partial charge >= 0.3 is 0 Å². The minimum Gasteiger partial charge on any atom is -0.256 e. The van der Waals surface area contributed by atoms with Gasteiger partial charge < -0.3 is 0 Å². The van der Waals surface area contributed by atoms with Gasteiger partial charge in [-0.25, -0.2) is 15.0 Å². The quantitative estimate of drug-likeness (QED) is 0.155. The summed E-state index contributed by atoms with van der Waals surface area (Å²) in [6.45, 7) is 4.59. The molecule has 3 heterocycles. The van der Waals surface area contributed by atoms with Crippen LogP contribution in [0.3, 0.4) is 0 Å². The van der Waals surface area contributed by atoms with E-state index in [-0.39, 0.29) is 5.41 Å². The van der Waals surface area contributed by atoms with Crippen molar-refractivity contribution in [2.24, 2.45) is 0 Å². The standard InChI is InChI=1S/C63H40N6/c1-63(2)56-22-9-8-19-48(56)49-28-27-43(34-57(49)63)62-68-60(40-13-4-3-5-14-40)67-61(69-62)42-16-10-15-41(33-42)52-35-53-51-21-12-32-66-59(51)55(36-54(53)50-20-11-31-65-58(50)52)47-30-29-44(45-17-6-7-18-46(45)47)39-25-23-38(37-64)24-26-39/h3-36H,1-2H3. The molecule has 69 heavy (non-hydrogen) atoms. The van der Waals surface area contributed by atoms with Crippen molar-refractivity contribution in [2.75, 3.05) is 0 Å². The number of aromatic nitrogens is 5. The van der Waals surface area contributed by atoms with Crippen molar-refractivity contribution >= 4 is 43.4 Å². The minimum absolute atomic E-state index is 0.165. The number of fused-ring (bicyclic) bond motifs is 9. The van der Waals surface area contributed by atoms with E-state index in [4.69, 9.17) is 24.9 Å². The summed E-state index contributed by atoms with van der Waals surface area (Å²) in [6, 6.07) is 70.0. The number of hydrogen-bond acceptors (Lipinski definition) is 6. The summed E-state index contributed by atoms with van der Waals surface area (Å²) in [7, 11) is 0. The molecule has 0 spiro atoms. The Morgan fingerprint density at radius 2 is 0.870 bits per heavy atom. The van der Waals surface area contributed by atoms with Crippen LogP contribution in [-0.4, -0.2) is 24.9 Å². The maximum absolute atomic E-state index is 9.46. The van der Waals surface area contributed by atoms with Gasteiger partial charge in [0, 0.05) is 56.4 Å². The fourth-order valence-electron chi connectivity index (χ4n) is 10.7. The number of benzene rings is 9. The normalized spacial score (nSPS) is 12.6. The molecule has 0 aliphatic heterocycles. The first-order valence-electron chi connectivity index (χ1n) is 23.2. The van der Waals surface area contributed by atoms with Crippen LogP contribution in [0.25, 0.3) is 122 Å². The highest BCUT2D eigenvalue weighted by Gasteiger charge is 2.35. The zero-order chi connectivity index (χ0) is 46.2. The lowest BCUT2D eigenvalue weighted by Crippen LogP contribution is -2.15. The van der Waals surface area contributed by atoms with E-state index >= 15 is 0 Å². The van der Waals surface area contributed by atoms with Gasteiger partial charge in [0.2, 0.25) is 0 Å². The van der Waals surface area contributed by atoms with Crippen molar-refractivity contribution in [3.05, 3.63) is 223 Å². The van der Waals surface area contributed by atoms with Crippen LogP contribution in [0, 0.1) is 11.3 Å². The van der Waals surface area contributed by atoms with Crippen molar-refractivity contribution in [1.29, 1.82) is 5.26 Å². The molecule has 0 radical (unpaired) electrons. The molecule has 0 amide bonds. The smallest absolute Gasteiger partial charge is 0.164 e. The zero-order valence-corrected chi connectivity index (χ0v) is 37.8. The molecule has 6 heteroatoms. The van der Waals surface area contributed by atoms with Crippen LogP contribution >= 0.6 is 0 Å². The molecule has 0 atom stereocenters. The highest BCUT2D eigenvalue weighted by atomic mass is 15.0. The topological polar surface area (TPSA) is 88.2 Å². The molecule has 12 aromatic rings. The van der Waals surface area contributed by atoms with Gasteiger partial charge in [-0.1, -0.05) is 159 Å². The van der Waals surface area contributed by atoms with E-state index in [0.29, 0.717) is 23.0 Å². The molecule has 1 aliphatic rings. The maximum atomic E-state index is 9.46. The van der Waals surface area contributed by atoms with Crippen molar-refractivity contribution in [2.45, 2.75) is 19.3 Å². The Kier molecular flexibility index (Phi) is 9.15. The van der Waals surface area contributed by atoms with E-state index in [9.17, 15) is 5.26 Å². The molecule has 0 saturated heterocycles. The second-order valence-electron chi connectivity index (χ2n) is 18.3. The SMILES string of the molecule is CC1(C)c2ccccc2-c2ccc(-c3nc(-c4ccccc4)nc(-c4cccc(-c5cc6c7cccnc7c(-c7ccc(-c8ccc(C#N)cc8)c8ccccc78)cc6c6cccnc56)c4)n3)cc21. The Labute approximate surface area is 399 Å². The minimum atomic E-state index is -0.165. The van der Waals surface area contributed by atoms with E-state index in [0.717, 1.165) is 93.4 Å². The first-order chi connectivity index (χ1) is 33.9. The third-order valence-electron chi connectivity index (χ3n) is 14.1. The van der Waals surface area contributed by atoms with Crippen LogP contribution in [0.15, 0.2) is 207 Å². The molecule has 0 unspecified atom stereocenters. The molecular formula is C63H40N6. The molecule has 0 saturated carbocycles. The molecule has 6 nitrogen and oxygen atoms in total. The van der Waals surface area contributed by atoms with Crippen LogP contribution in [-0.2, 0) is 5.41 Å². The zero-order valence-electron chi connectivity index (χ0n) is 37.8. The summed E-state index contributed by atoms with van der Waals surface area (Å²) in [4.78, 5) is 25.7. The monoisotopic (exact) mass is 880 g/mol. The Balaban J connectivity index is 0.965. The first kappa shape index (κ1) is 40.1. The maximum Gasteiger partial charge on any atom is 0.164 e. The summed E-state index contributed by atoms with van der Waals surface area (Å²) >= 11 is 0. The van der Waals surface area contributed by atoms with Crippen LogP contribution < -0.4 is 0 Å². The van der Waals surface area contributed by atoms with E-state index in [1.165, 1.54) is 22.3 Å². The second kappa shape index (κ2) is 15.7. The Morgan fingerprint density at radius 1 is 0.348 bits per heavy atom. The second-order valence-corrected chi connectivity index (χ2v) is 18.3. The Morgan fingerprint density at radius 3 is 1.59 bits per heavy atom. The number of pyridine rings is 2. The highest BCUT2D eigenvalue weighted by molar-refractivity contribution is 6.23. The lowest BCUT2D eigenvalue weighted by Gasteiger charge is -2.21. The third-order valence-corrected chi connectivity index (χ3v) is 14.1. The predicted molar refractivity (Wildman–Crippen MR) is 280 cm³/mol. The van der Waals surface area contributed by atoms with Crippen LogP contribution in [0.2, 0.25) is 0 Å². The fraction of sp³-hybridized carbons (Fsp3) is 0.0476. The van der Waals surface area contributed by atoms with Crippen LogP contribution in [0.4, 0.5) is 0 Å². The molecule has 1 aliphatic carbocycles. The van der Waals surface area contributed by atoms with Gasteiger partial charge in [0.15, 0.2) is 17.5 Å². The number of rotatable bonds is 6. The van der Waals surface area contributed by atoms with Gasteiger partial charge in [0.05, 0.1) is 22.7 Å². The molecule has 9 aromatic carbocycles. The molecule has 0 fully saturated rings. The molecule has 3 aromatic heterocycles. The Hall–Kier alpha value is -9.18. The summed E-state index contributed by atoms with van der Waals surface area (Å²) in [6.07, 6.45) is 3.76. The largest absolute Gasteiger partial charge is 0.256 e. The third kappa shape index (κ3) is 6.51. The van der Waals surface area contributed by atoms with Gasteiger partial charge in [-0.15, -0.1) is 0 Å². The molecule has 0 bridgehead atoms. The molecule has 0 N–H and O–H groups in total. The van der Waals surface area contributed by atoms with Gasteiger partial charge in [-0.3, -0.25) is 9.97 Å². The van der Waals surface area contributed by atoms with Crippen molar-refractivity contribution in [3.8, 4) is 84.7 Å². The lowest BCUT2D eigenvalue weighted by atomic mass is 9.82.